The van der Waals surface area contributed by atoms with Crippen molar-refractivity contribution in [1.82, 2.24) is 4.57 Å². The number of carbonyl (C=O) groups is 1. The van der Waals surface area contributed by atoms with Crippen LogP contribution in [0.2, 0.25) is 0 Å². The van der Waals surface area contributed by atoms with Gasteiger partial charge in [-0.1, -0.05) is 11.6 Å². The predicted molar refractivity (Wildman–Crippen MR) is 77.9 cm³/mol. The van der Waals surface area contributed by atoms with Crippen molar-refractivity contribution in [2.75, 3.05) is 0 Å². The van der Waals surface area contributed by atoms with E-state index in [2.05, 4.69) is 0 Å². The smallest absolute Gasteiger partial charge is 0.419 e. The minimum atomic E-state index is -0.514. The number of ether oxygens (including phenoxy) is 1. The zero-order chi connectivity index (χ0) is 14.2. The van der Waals surface area contributed by atoms with E-state index in [-0.39, 0.29) is 6.09 Å². The molecule has 0 spiro atoms. The van der Waals surface area contributed by atoms with Gasteiger partial charge >= 0.3 is 6.09 Å². The van der Waals surface area contributed by atoms with Crippen molar-refractivity contribution < 1.29 is 9.53 Å². The summed E-state index contributed by atoms with van der Waals surface area (Å²) in [6.45, 7) is 7.57. The minimum Gasteiger partial charge on any atom is -0.443 e. The van der Waals surface area contributed by atoms with E-state index >= 15 is 0 Å². The van der Waals surface area contributed by atoms with Crippen molar-refractivity contribution in [3.63, 3.8) is 0 Å². The first-order valence-electron chi connectivity index (χ1n) is 6.22. The van der Waals surface area contributed by atoms with Gasteiger partial charge in [-0.25, -0.2) is 4.79 Å². The first-order valence-corrected chi connectivity index (χ1v) is 6.75. The van der Waals surface area contributed by atoms with Crippen LogP contribution in [0, 0.1) is 6.92 Å². The van der Waals surface area contributed by atoms with Crippen LogP contribution in [0.3, 0.4) is 0 Å². The first kappa shape index (κ1) is 13.9. The Balaban J connectivity index is 2.52. The number of nitrogens with zero attached hydrogens (tertiary/aromatic N) is 1. The molecule has 0 aliphatic rings. The SMILES string of the molecule is Cc1ccc2c(c1)c(CCl)cn2C(=O)OC(C)(C)C. The number of hydrogen-bond acceptors (Lipinski definition) is 2. The van der Waals surface area contributed by atoms with Gasteiger partial charge in [0.2, 0.25) is 0 Å². The lowest BCUT2D eigenvalue weighted by atomic mass is 10.1. The largest absolute Gasteiger partial charge is 0.443 e. The van der Waals surface area contributed by atoms with Crippen LogP contribution in [0.5, 0.6) is 0 Å². The molecule has 0 aliphatic carbocycles. The van der Waals surface area contributed by atoms with Crippen LogP contribution in [0.4, 0.5) is 4.79 Å². The summed E-state index contributed by atoms with van der Waals surface area (Å²) in [5.41, 5.74) is 2.39. The van der Waals surface area contributed by atoms with Gasteiger partial charge in [0.1, 0.15) is 5.60 Å². The maximum Gasteiger partial charge on any atom is 0.419 e. The summed E-state index contributed by atoms with van der Waals surface area (Å²) >= 11 is 5.94. The molecule has 1 heterocycles. The number of aryl methyl sites for hydroxylation is 1. The van der Waals surface area contributed by atoms with Crippen LogP contribution >= 0.6 is 11.6 Å². The van der Waals surface area contributed by atoms with Gasteiger partial charge in [-0.2, -0.15) is 0 Å². The highest BCUT2D eigenvalue weighted by Gasteiger charge is 2.20. The molecule has 1 aromatic carbocycles. The predicted octanol–water partition coefficient (Wildman–Crippen LogP) is 4.47. The van der Waals surface area contributed by atoms with Crippen LogP contribution in [-0.4, -0.2) is 16.3 Å². The van der Waals surface area contributed by atoms with Gasteiger partial charge in [0.05, 0.1) is 5.52 Å². The fourth-order valence-electron chi connectivity index (χ4n) is 1.98. The van der Waals surface area contributed by atoms with E-state index in [4.69, 9.17) is 16.3 Å². The zero-order valence-electron chi connectivity index (χ0n) is 11.7. The molecule has 0 fully saturated rings. The average Bonchev–Trinajstić information content (AvgIpc) is 2.64. The highest BCUT2D eigenvalue weighted by Crippen LogP contribution is 2.25. The van der Waals surface area contributed by atoms with Gasteiger partial charge in [0.15, 0.2) is 0 Å². The van der Waals surface area contributed by atoms with E-state index in [1.165, 1.54) is 4.57 Å². The molecule has 2 aromatic rings. The summed E-state index contributed by atoms with van der Waals surface area (Å²) in [5, 5.41) is 1.00. The normalized spacial score (nSPS) is 11.8. The van der Waals surface area contributed by atoms with Gasteiger partial charge in [0.25, 0.3) is 0 Å². The number of aromatic nitrogens is 1. The summed E-state index contributed by atoms with van der Waals surface area (Å²) in [5.74, 6) is 0.371. The van der Waals surface area contributed by atoms with Crippen molar-refractivity contribution >= 4 is 28.6 Å². The Kier molecular flexibility index (Phi) is 3.59. The molecule has 0 atom stereocenters. The number of rotatable bonds is 1. The third-order valence-electron chi connectivity index (χ3n) is 2.78. The lowest BCUT2D eigenvalue weighted by Gasteiger charge is -2.19. The zero-order valence-corrected chi connectivity index (χ0v) is 12.4. The van der Waals surface area contributed by atoms with Gasteiger partial charge in [0, 0.05) is 17.5 Å². The van der Waals surface area contributed by atoms with E-state index in [9.17, 15) is 4.79 Å². The fraction of sp³-hybridized carbons (Fsp3) is 0.400. The lowest BCUT2D eigenvalue weighted by Crippen LogP contribution is -2.26. The third-order valence-corrected chi connectivity index (χ3v) is 3.06. The summed E-state index contributed by atoms with van der Waals surface area (Å²) in [6.07, 6.45) is 1.38. The maximum absolute atomic E-state index is 12.2. The molecule has 1 aromatic heterocycles. The van der Waals surface area contributed by atoms with Gasteiger partial charge < -0.3 is 4.74 Å². The van der Waals surface area contributed by atoms with Crippen LogP contribution in [0.15, 0.2) is 24.4 Å². The Bertz CT molecular complexity index is 623. The Morgan fingerprint density at radius 1 is 1.37 bits per heavy atom. The molecule has 3 nitrogen and oxygen atoms in total. The maximum atomic E-state index is 12.2. The molecule has 4 heteroatoms. The lowest BCUT2D eigenvalue weighted by molar-refractivity contribution is 0.0544. The van der Waals surface area contributed by atoms with E-state index in [1.54, 1.807) is 6.20 Å². The molecule has 0 radical (unpaired) electrons. The number of fused-ring (bicyclic) bond motifs is 1. The third kappa shape index (κ3) is 2.92. The molecule has 0 saturated heterocycles. The summed E-state index contributed by atoms with van der Waals surface area (Å²) in [6, 6.07) is 5.93. The molecule has 102 valence electrons. The summed E-state index contributed by atoms with van der Waals surface area (Å²) < 4.78 is 6.93. The van der Waals surface area contributed by atoms with Gasteiger partial charge in [-0.3, -0.25) is 4.57 Å². The first-order chi connectivity index (χ1) is 8.81. The molecule has 0 bridgehead atoms. The van der Waals surface area contributed by atoms with E-state index in [1.807, 2.05) is 45.9 Å². The molecule has 2 rings (SSSR count). The van der Waals surface area contributed by atoms with Crippen molar-refractivity contribution in [2.24, 2.45) is 0 Å². The highest BCUT2D eigenvalue weighted by atomic mass is 35.5. The van der Waals surface area contributed by atoms with Gasteiger partial charge in [-0.05, 0) is 45.4 Å². The number of hydrogen-bond donors (Lipinski definition) is 0. The number of carbonyl (C=O) groups excluding carboxylic acids is 1. The molecule has 0 unspecified atom stereocenters. The second-order valence-electron chi connectivity index (χ2n) is 5.66. The van der Waals surface area contributed by atoms with Gasteiger partial charge in [-0.15, -0.1) is 11.6 Å². The van der Waals surface area contributed by atoms with Crippen molar-refractivity contribution in [2.45, 2.75) is 39.2 Å². The van der Waals surface area contributed by atoms with Crippen LogP contribution in [0.1, 0.15) is 31.9 Å². The van der Waals surface area contributed by atoms with E-state index < -0.39 is 5.60 Å². The molecular weight excluding hydrogens is 262 g/mol. The number of halogens is 1. The molecule has 0 aliphatic heterocycles. The van der Waals surface area contributed by atoms with Crippen molar-refractivity contribution in [3.8, 4) is 0 Å². The second-order valence-corrected chi connectivity index (χ2v) is 5.93. The Hall–Kier alpha value is -1.48. The molecule has 0 amide bonds. The summed E-state index contributed by atoms with van der Waals surface area (Å²) in [7, 11) is 0. The summed E-state index contributed by atoms with van der Waals surface area (Å²) in [4.78, 5) is 12.2. The average molecular weight is 280 g/mol. The monoisotopic (exact) mass is 279 g/mol. The fourth-order valence-corrected chi connectivity index (χ4v) is 2.19. The quantitative estimate of drug-likeness (QED) is 0.721. The second kappa shape index (κ2) is 4.89. The van der Waals surface area contributed by atoms with Crippen molar-refractivity contribution in [1.29, 1.82) is 0 Å². The molecule has 19 heavy (non-hydrogen) atoms. The number of alkyl halides is 1. The molecular formula is C15H18ClNO2. The Morgan fingerprint density at radius 3 is 2.63 bits per heavy atom. The standard InChI is InChI=1S/C15H18ClNO2/c1-10-5-6-13-12(7-10)11(8-16)9-17(13)14(18)19-15(2,3)4/h5-7,9H,8H2,1-4H3. The Morgan fingerprint density at radius 2 is 2.05 bits per heavy atom. The highest BCUT2D eigenvalue weighted by molar-refractivity contribution is 6.18. The molecule has 0 N–H and O–H groups in total. The topological polar surface area (TPSA) is 31.2 Å². The van der Waals surface area contributed by atoms with Crippen LogP contribution < -0.4 is 0 Å². The Labute approximate surface area is 118 Å². The van der Waals surface area contributed by atoms with Crippen LogP contribution in [0.25, 0.3) is 10.9 Å². The number of benzene rings is 1. The van der Waals surface area contributed by atoms with Crippen LogP contribution in [-0.2, 0) is 10.6 Å². The van der Waals surface area contributed by atoms with Crippen molar-refractivity contribution in [3.05, 3.63) is 35.5 Å². The van der Waals surface area contributed by atoms with E-state index in [0.29, 0.717) is 5.88 Å². The minimum absolute atomic E-state index is 0.371. The van der Waals surface area contributed by atoms with E-state index in [0.717, 1.165) is 22.0 Å². The molecule has 0 saturated carbocycles.